The predicted molar refractivity (Wildman–Crippen MR) is 65.8 cm³/mol. The molecule has 0 aromatic carbocycles. The van der Waals surface area contributed by atoms with Crippen LogP contribution < -0.4 is 5.32 Å². The van der Waals surface area contributed by atoms with Gasteiger partial charge in [0.1, 0.15) is 0 Å². The molecule has 6 nitrogen and oxygen atoms in total. The average Bonchev–Trinajstić information content (AvgIpc) is 2.39. The van der Waals surface area contributed by atoms with Crippen LogP contribution in [0.15, 0.2) is 0 Å². The quantitative estimate of drug-likeness (QED) is 0.447. The van der Waals surface area contributed by atoms with Crippen molar-refractivity contribution >= 4 is 11.8 Å². The summed E-state index contributed by atoms with van der Waals surface area (Å²) in [6.45, 7) is 0.905. The van der Waals surface area contributed by atoms with Crippen LogP contribution >= 0.6 is 0 Å². The van der Waals surface area contributed by atoms with Crippen molar-refractivity contribution in [3.05, 3.63) is 0 Å². The van der Waals surface area contributed by atoms with Crippen molar-refractivity contribution < 1.29 is 19.8 Å². The van der Waals surface area contributed by atoms with Gasteiger partial charge in [-0.05, 0) is 32.1 Å². The highest BCUT2D eigenvalue weighted by Crippen LogP contribution is 2.19. The van der Waals surface area contributed by atoms with Crippen LogP contribution in [0.3, 0.4) is 0 Å². The molecule has 1 rings (SSSR count). The summed E-state index contributed by atoms with van der Waals surface area (Å²) in [6.07, 6.45) is 3.74. The van der Waals surface area contributed by atoms with Gasteiger partial charge in [-0.25, -0.2) is 0 Å². The van der Waals surface area contributed by atoms with Gasteiger partial charge in [-0.1, -0.05) is 0 Å². The van der Waals surface area contributed by atoms with Crippen molar-refractivity contribution in [3.8, 4) is 0 Å². The minimum atomic E-state index is -0.617. The lowest BCUT2D eigenvalue weighted by Crippen LogP contribution is -2.50. The highest BCUT2D eigenvalue weighted by molar-refractivity contribution is 6.35. The van der Waals surface area contributed by atoms with Crippen molar-refractivity contribution in [3.63, 3.8) is 0 Å². The van der Waals surface area contributed by atoms with E-state index in [0.717, 1.165) is 19.3 Å². The van der Waals surface area contributed by atoms with E-state index in [0.29, 0.717) is 25.9 Å². The molecule has 1 fully saturated rings. The van der Waals surface area contributed by atoms with Gasteiger partial charge in [-0.15, -0.1) is 0 Å². The zero-order valence-electron chi connectivity index (χ0n) is 10.6. The van der Waals surface area contributed by atoms with E-state index in [9.17, 15) is 9.59 Å². The number of amides is 2. The highest BCUT2D eigenvalue weighted by Gasteiger charge is 2.29. The van der Waals surface area contributed by atoms with Crippen LogP contribution in [-0.2, 0) is 9.59 Å². The molecular formula is C12H22N2O4. The van der Waals surface area contributed by atoms with Crippen molar-refractivity contribution in [1.29, 1.82) is 0 Å². The monoisotopic (exact) mass is 258 g/mol. The first-order chi connectivity index (χ1) is 8.70. The molecule has 1 heterocycles. The first-order valence-electron chi connectivity index (χ1n) is 6.51. The fourth-order valence-corrected chi connectivity index (χ4v) is 2.20. The maximum atomic E-state index is 11.9. The van der Waals surface area contributed by atoms with E-state index in [1.807, 2.05) is 0 Å². The van der Waals surface area contributed by atoms with Gasteiger partial charge in [0.05, 0.1) is 0 Å². The van der Waals surface area contributed by atoms with Crippen LogP contribution in [0.2, 0.25) is 0 Å². The van der Waals surface area contributed by atoms with Crippen molar-refractivity contribution in [2.45, 2.75) is 38.1 Å². The van der Waals surface area contributed by atoms with E-state index in [1.54, 1.807) is 4.90 Å². The maximum absolute atomic E-state index is 11.9. The van der Waals surface area contributed by atoms with Crippen LogP contribution in [0.5, 0.6) is 0 Å². The van der Waals surface area contributed by atoms with E-state index in [-0.39, 0.29) is 19.3 Å². The van der Waals surface area contributed by atoms with E-state index >= 15 is 0 Å². The van der Waals surface area contributed by atoms with Crippen LogP contribution in [0.1, 0.15) is 32.1 Å². The predicted octanol–water partition coefficient (Wildman–Crippen LogP) is -0.751. The number of aliphatic hydroxyl groups is 2. The van der Waals surface area contributed by atoms with Crippen LogP contribution in [0.4, 0.5) is 0 Å². The molecule has 104 valence electrons. The number of nitrogens with one attached hydrogen (secondary N) is 1. The van der Waals surface area contributed by atoms with Gasteiger partial charge in [0.15, 0.2) is 0 Å². The van der Waals surface area contributed by atoms with Crippen LogP contribution in [0.25, 0.3) is 0 Å². The molecule has 18 heavy (non-hydrogen) atoms. The molecule has 0 aliphatic carbocycles. The van der Waals surface area contributed by atoms with Gasteiger partial charge in [-0.3, -0.25) is 9.59 Å². The van der Waals surface area contributed by atoms with Crippen molar-refractivity contribution in [2.24, 2.45) is 0 Å². The third-order valence-electron chi connectivity index (χ3n) is 3.17. The van der Waals surface area contributed by atoms with E-state index in [4.69, 9.17) is 10.2 Å². The lowest BCUT2D eigenvalue weighted by molar-refractivity contribution is -0.148. The van der Waals surface area contributed by atoms with E-state index < -0.39 is 11.8 Å². The lowest BCUT2D eigenvalue weighted by atomic mass is 9.99. The standard InChI is InChI=1S/C12H22N2O4/c15-8-3-6-13-11(17)12(18)14-7-2-1-4-10(14)5-9-16/h10,15-16H,1-9H2,(H,13,17). The zero-order valence-corrected chi connectivity index (χ0v) is 10.6. The molecule has 3 N–H and O–H groups in total. The lowest BCUT2D eigenvalue weighted by Gasteiger charge is -2.35. The summed E-state index contributed by atoms with van der Waals surface area (Å²) in [6, 6.07) is -0.0279. The topological polar surface area (TPSA) is 89.9 Å². The maximum Gasteiger partial charge on any atom is 0.312 e. The molecule has 0 radical (unpaired) electrons. The molecular weight excluding hydrogens is 236 g/mol. The number of aliphatic hydroxyl groups excluding tert-OH is 2. The molecule has 1 saturated heterocycles. The normalized spacial score (nSPS) is 19.7. The first-order valence-corrected chi connectivity index (χ1v) is 6.51. The number of nitrogens with zero attached hydrogens (tertiary/aromatic N) is 1. The summed E-state index contributed by atoms with van der Waals surface area (Å²) in [4.78, 5) is 25.1. The third kappa shape index (κ3) is 4.27. The molecule has 0 aromatic heterocycles. The Morgan fingerprint density at radius 2 is 2.00 bits per heavy atom. The fourth-order valence-electron chi connectivity index (χ4n) is 2.20. The molecule has 0 saturated carbocycles. The summed E-state index contributed by atoms with van der Waals surface area (Å²) in [5, 5.41) is 20.1. The minimum Gasteiger partial charge on any atom is -0.396 e. The van der Waals surface area contributed by atoms with Crippen molar-refractivity contribution in [1.82, 2.24) is 10.2 Å². The SMILES string of the molecule is O=C(NCCCO)C(=O)N1CCCCC1CCO. The number of carbonyl (C=O) groups excluding carboxylic acids is 2. The Balaban J connectivity index is 2.48. The Bertz CT molecular complexity index is 281. The van der Waals surface area contributed by atoms with Gasteiger partial charge in [0, 0.05) is 32.3 Å². The number of rotatable bonds is 5. The fraction of sp³-hybridized carbons (Fsp3) is 0.833. The Kier molecular flexibility index (Phi) is 6.67. The van der Waals surface area contributed by atoms with Crippen LogP contribution in [-0.4, -0.2) is 59.3 Å². The summed E-state index contributed by atoms with van der Waals surface area (Å²) >= 11 is 0. The second-order valence-electron chi connectivity index (χ2n) is 4.49. The Labute approximate surface area is 107 Å². The molecule has 0 aromatic rings. The van der Waals surface area contributed by atoms with Gasteiger partial charge in [-0.2, -0.15) is 0 Å². The molecule has 0 spiro atoms. The molecule has 6 heteroatoms. The third-order valence-corrected chi connectivity index (χ3v) is 3.17. The summed E-state index contributed by atoms with van der Waals surface area (Å²) < 4.78 is 0. The number of carbonyl (C=O) groups is 2. The zero-order chi connectivity index (χ0) is 13.4. The van der Waals surface area contributed by atoms with E-state index in [1.165, 1.54) is 0 Å². The molecule has 1 unspecified atom stereocenters. The smallest absolute Gasteiger partial charge is 0.312 e. The minimum absolute atomic E-state index is 0.00861. The molecule has 1 atom stereocenters. The second-order valence-corrected chi connectivity index (χ2v) is 4.49. The molecule has 2 amide bonds. The number of hydrogen-bond donors (Lipinski definition) is 3. The summed E-state index contributed by atoms with van der Waals surface area (Å²) in [5.41, 5.74) is 0. The number of hydrogen-bond acceptors (Lipinski definition) is 4. The van der Waals surface area contributed by atoms with Gasteiger partial charge in [0.2, 0.25) is 0 Å². The molecule has 0 bridgehead atoms. The highest BCUT2D eigenvalue weighted by atomic mass is 16.3. The first kappa shape index (κ1) is 14.9. The van der Waals surface area contributed by atoms with Gasteiger partial charge < -0.3 is 20.4 Å². The van der Waals surface area contributed by atoms with Crippen LogP contribution in [0, 0.1) is 0 Å². The Morgan fingerprint density at radius 3 is 2.67 bits per heavy atom. The Morgan fingerprint density at radius 1 is 1.22 bits per heavy atom. The summed E-state index contributed by atoms with van der Waals surface area (Å²) in [7, 11) is 0. The van der Waals surface area contributed by atoms with Gasteiger partial charge in [0.25, 0.3) is 0 Å². The Hall–Kier alpha value is -1.14. The second kappa shape index (κ2) is 8.05. The molecule has 1 aliphatic rings. The number of likely N-dealkylation sites (tertiary alicyclic amines) is 1. The molecule has 1 aliphatic heterocycles. The largest absolute Gasteiger partial charge is 0.396 e. The van der Waals surface area contributed by atoms with E-state index in [2.05, 4.69) is 5.32 Å². The van der Waals surface area contributed by atoms with Gasteiger partial charge >= 0.3 is 11.8 Å². The average molecular weight is 258 g/mol. The summed E-state index contributed by atoms with van der Waals surface area (Å²) in [5.74, 6) is -1.14. The number of piperidine rings is 1. The van der Waals surface area contributed by atoms with Crippen molar-refractivity contribution in [2.75, 3.05) is 26.3 Å².